The maximum atomic E-state index is 13.2. The van der Waals surface area contributed by atoms with Gasteiger partial charge in [0, 0.05) is 5.56 Å². The average molecular weight is 475 g/mol. The van der Waals surface area contributed by atoms with Crippen LogP contribution in [0.15, 0.2) is 83.5 Å². The second-order valence-corrected chi connectivity index (χ2v) is 7.79. The Kier molecular flexibility index (Phi) is 6.91. The summed E-state index contributed by atoms with van der Waals surface area (Å²) in [6.07, 6.45) is 3.09. The number of aliphatic hydroxyl groups excluding tert-OH is 1. The van der Waals surface area contributed by atoms with Crippen molar-refractivity contribution in [3.05, 3.63) is 96.0 Å². The van der Waals surface area contributed by atoms with Crippen molar-refractivity contribution in [2.75, 3.05) is 13.2 Å². The number of likely N-dealkylation sites (tertiary alicyclic amines) is 1. The Morgan fingerprint density at radius 3 is 2.57 bits per heavy atom. The lowest BCUT2D eigenvalue weighted by Gasteiger charge is -2.25. The Morgan fingerprint density at radius 1 is 1.14 bits per heavy atom. The van der Waals surface area contributed by atoms with Gasteiger partial charge in [-0.1, -0.05) is 18.7 Å². The van der Waals surface area contributed by atoms with E-state index in [1.165, 1.54) is 17.2 Å². The molecule has 0 spiro atoms. The topological polar surface area (TPSA) is 109 Å². The molecule has 1 aromatic heterocycles. The molecule has 1 fully saturated rings. The van der Waals surface area contributed by atoms with Gasteiger partial charge in [0.2, 0.25) is 0 Å². The number of carbonyl (C=O) groups is 2. The highest BCUT2D eigenvalue weighted by Gasteiger charge is 2.46. The van der Waals surface area contributed by atoms with Gasteiger partial charge in [-0.3, -0.25) is 9.59 Å². The van der Waals surface area contributed by atoms with Crippen molar-refractivity contribution in [3.8, 4) is 17.2 Å². The van der Waals surface area contributed by atoms with Crippen LogP contribution >= 0.6 is 0 Å². The maximum absolute atomic E-state index is 13.2. The summed E-state index contributed by atoms with van der Waals surface area (Å²) in [6.45, 7) is 6.03. The van der Waals surface area contributed by atoms with E-state index in [-0.39, 0.29) is 29.4 Å². The Morgan fingerprint density at radius 2 is 1.91 bits per heavy atom. The lowest BCUT2D eigenvalue weighted by molar-refractivity contribution is -0.140. The second kappa shape index (κ2) is 10.2. The zero-order valence-electron chi connectivity index (χ0n) is 19.1. The molecule has 0 saturated carbocycles. The summed E-state index contributed by atoms with van der Waals surface area (Å²) >= 11 is 0. The smallest absolute Gasteiger partial charge is 0.296 e. The number of Topliss-reactive ketones (excluding diaryl/α,β-unsaturated/α-hetero) is 1. The van der Waals surface area contributed by atoms with Gasteiger partial charge in [-0.05, 0) is 61.0 Å². The Balaban J connectivity index is 1.82. The molecule has 35 heavy (non-hydrogen) atoms. The molecule has 3 aromatic rings. The lowest BCUT2D eigenvalue weighted by atomic mass is 9.95. The van der Waals surface area contributed by atoms with Gasteiger partial charge in [-0.15, -0.1) is 0 Å². The zero-order valence-corrected chi connectivity index (χ0v) is 19.1. The molecule has 0 aliphatic carbocycles. The summed E-state index contributed by atoms with van der Waals surface area (Å²) in [5.74, 6) is -0.745. The average Bonchev–Trinajstić information content (AvgIpc) is 3.47. The minimum absolute atomic E-state index is 0.0121. The molecule has 1 atom stereocenters. The molecule has 0 bridgehead atoms. The molecular formula is C27H25NO7. The van der Waals surface area contributed by atoms with Crippen molar-refractivity contribution in [1.29, 1.82) is 0 Å². The van der Waals surface area contributed by atoms with Crippen molar-refractivity contribution in [2.45, 2.75) is 19.5 Å². The minimum Gasteiger partial charge on any atom is -0.507 e. The molecule has 2 aromatic carbocycles. The van der Waals surface area contributed by atoms with Crippen LogP contribution in [0.2, 0.25) is 0 Å². The highest BCUT2D eigenvalue weighted by Crippen LogP contribution is 2.42. The number of ketones is 1. The molecule has 2 N–H and O–H groups in total. The summed E-state index contributed by atoms with van der Waals surface area (Å²) in [6, 6.07) is 13.5. The van der Waals surface area contributed by atoms with Crippen molar-refractivity contribution in [2.24, 2.45) is 0 Å². The summed E-state index contributed by atoms with van der Waals surface area (Å²) < 4.78 is 16.4. The van der Waals surface area contributed by atoms with E-state index in [2.05, 4.69) is 6.58 Å². The number of carbonyl (C=O) groups excluding carboxylic acids is 2. The number of aromatic hydroxyl groups is 1. The van der Waals surface area contributed by atoms with E-state index < -0.39 is 17.7 Å². The van der Waals surface area contributed by atoms with Crippen LogP contribution in [0.5, 0.6) is 17.2 Å². The van der Waals surface area contributed by atoms with Gasteiger partial charge in [0.1, 0.15) is 23.9 Å². The normalized spacial score (nSPS) is 16.9. The number of ether oxygens (including phenoxy) is 2. The van der Waals surface area contributed by atoms with Gasteiger partial charge in [0.05, 0.1) is 31.0 Å². The van der Waals surface area contributed by atoms with Crippen molar-refractivity contribution in [1.82, 2.24) is 4.90 Å². The molecule has 180 valence electrons. The highest BCUT2D eigenvalue weighted by atomic mass is 16.5. The number of benzene rings is 2. The first-order valence-electron chi connectivity index (χ1n) is 11.0. The first-order valence-corrected chi connectivity index (χ1v) is 11.0. The SMILES string of the molecule is C=CCOc1ccc(C(O)=C2C(=O)C(=O)N(Cc3ccco3)[C@H]2c2ccc(O)c(OCC)c2)cc1. The number of furan rings is 1. The van der Waals surface area contributed by atoms with Crippen LogP contribution in [0.4, 0.5) is 0 Å². The van der Waals surface area contributed by atoms with Crippen LogP contribution in [0.25, 0.3) is 5.76 Å². The molecule has 4 rings (SSSR count). The van der Waals surface area contributed by atoms with E-state index in [9.17, 15) is 19.8 Å². The third-order valence-corrected chi connectivity index (χ3v) is 5.54. The Labute approximate surface area is 202 Å². The van der Waals surface area contributed by atoms with E-state index >= 15 is 0 Å². The number of rotatable bonds is 9. The molecule has 8 nitrogen and oxygen atoms in total. The van der Waals surface area contributed by atoms with Crippen LogP contribution in [0.1, 0.15) is 29.9 Å². The summed E-state index contributed by atoms with van der Waals surface area (Å²) in [4.78, 5) is 27.6. The van der Waals surface area contributed by atoms with E-state index in [0.717, 1.165) is 0 Å². The number of phenols is 1. The van der Waals surface area contributed by atoms with Crippen LogP contribution in [0.3, 0.4) is 0 Å². The van der Waals surface area contributed by atoms with Gasteiger partial charge in [0.15, 0.2) is 11.5 Å². The Bertz CT molecular complexity index is 1260. The van der Waals surface area contributed by atoms with Crippen molar-refractivity contribution < 1.29 is 33.7 Å². The van der Waals surface area contributed by atoms with Crippen molar-refractivity contribution in [3.63, 3.8) is 0 Å². The fraction of sp³-hybridized carbons (Fsp3) is 0.185. The largest absolute Gasteiger partial charge is 0.507 e. The van der Waals surface area contributed by atoms with Gasteiger partial charge in [0.25, 0.3) is 11.7 Å². The number of aliphatic hydroxyl groups is 1. The monoisotopic (exact) mass is 475 g/mol. The quantitative estimate of drug-likeness (QED) is 0.202. The predicted molar refractivity (Wildman–Crippen MR) is 128 cm³/mol. The number of nitrogens with zero attached hydrogens (tertiary/aromatic N) is 1. The molecule has 1 aliphatic heterocycles. The number of phenolic OH excluding ortho intramolecular Hbond substituents is 1. The van der Waals surface area contributed by atoms with Gasteiger partial charge in [-0.25, -0.2) is 0 Å². The first kappa shape index (κ1) is 23.7. The second-order valence-electron chi connectivity index (χ2n) is 7.79. The van der Waals surface area contributed by atoms with Crippen LogP contribution in [-0.2, 0) is 16.1 Å². The third-order valence-electron chi connectivity index (χ3n) is 5.54. The molecule has 1 aliphatic rings. The summed E-state index contributed by atoms with van der Waals surface area (Å²) in [5, 5.41) is 21.4. The van der Waals surface area contributed by atoms with E-state index in [1.54, 1.807) is 61.5 Å². The highest BCUT2D eigenvalue weighted by molar-refractivity contribution is 6.46. The number of hydrogen-bond donors (Lipinski definition) is 2. The molecule has 8 heteroatoms. The van der Waals surface area contributed by atoms with E-state index in [4.69, 9.17) is 13.9 Å². The molecule has 0 radical (unpaired) electrons. The molecular weight excluding hydrogens is 450 g/mol. The third kappa shape index (κ3) is 4.77. The van der Waals surface area contributed by atoms with Gasteiger partial charge >= 0.3 is 0 Å². The standard InChI is InChI=1S/C27H25NO7/c1-3-13-34-19-10-7-17(8-11-19)25(30)23-24(18-9-12-21(29)22(15-18)33-4-2)28(27(32)26(23)31)16-20-6-5-14-35-20/h3,5-12,14-15,24,29-30H,1,4,13,16H2,2H3/t24-/m0/s1. The number of hydrogen-bond acceptors (Lipinski definition) is 7. The minimum atomic E-state index is -0.934. The van der Waals surface area contributed by atoms with Gasteiger partial charge in [-0.2, -0.15) is 0 Å². The van der Waals surface area contributed by atoms with E-state index in [0.29, 0.717) is 35.9 Å². The first-order chi connectivity index (χ1) is 16.9. The Hall–Kier alpha value is -4.46. The van der Waals surface area contributed by atoms with E-state index in [1.807, 2.05) is 0 Å². The molecule has 0 unspecified atom stereocenters. The number of amides is 1. The van der Waals surface area contributed by atoms with Crippen LogP contribution < -0.4 is 9.47 Å². The molecule has 1 amide bonds. The van der Waals surface area contributed by atoms with Crippen LogP contribution in [0, 0.1) is 0 Å². The van der Waals surface area contributed by atoms with Crippen LogP contribution in [-0.4, -0.2) is 40.0 Å². The fourth-order valence-corrected chi connectivity index (χ4v) is 3.95. The maximum Gasteiger partial charge on any atom is 0.296 e. The summed E-state index contributed by atoms with van der Waals surface area (Å²) in [7, 11) is 0. The fourth-order valence-electron chi connectivity index (χ4n) is 3.95. The van der Waals surface area contributed by atoms with Crippen molar-refractivity contribution >= 4 is 17.4 Å². The van der Waals surface area contributed by atoms with Gasteiger partial charge < -0.3 is 29.0 Å². The zero-order chi connectivity index (χ0) is 24.9. The summed E-state index contributed by atoms with van der Waals surface area (Å²) in [5.41, 5.74) is 0.764. The lowest BCUT2D eigenvalue weighted by Crippen LogP contribution is -2.29. The molecule has 1 saturated heterocycles. The molecule has 2 heterocycles. The predicted octanol–water partition coefficient (Wildman–Crippen LogP) is 4.57.